The van der Waals surface area contributed by atoms with Crippen molar-refractivity contribution in [3.8, 4) is 5.75 Å². The summed E-state index contributed by atoms with van der Waals surface area (Å²) in [6.45, 7) is 5.65. The van der Waals surface area contributed by atoms with E-state index in [2.05, 4.69) is 5.32 Å². The third-order valence-electron chi connectivity index (χ3n) is 3.59. The number of benzene rings is 2. The van der Waals surface area contributed by atoms with E-state index in [1.54, 1.807) is 48.5 Å². The van der Waals surface area contributed by atoms with Crippen LogP contribution in [0.25, 0.3) is 0 Å². The van der Waals surface area contributed by atoms with Crippen LogP contribution in [0.2, 0.25) is 0 Å². The highest BCUT2D eigenvalue weighted by atomic mass is 16.5. The lowest BCUT2D eigenvalue weighted by atomic mass is 10.1. The number of carbonyl (C=O) groups excluding carboxylic acids is 3. The van der Waals surface area contributed by atoms with Gasteiger partial charge in [-0.1, -0.05) is 26.0 Å². The number of hydrogen-bond donors (Lipinski definition) is 1. The third kappa shape index (κ3) is 6.26. The van der Waals surface area contributed by atoms with E-state index in [4.69, 9.17) is 9.47 Å². The summed E-state index contributed by atoms with van der Waals surface area (Å²) in [4.78, 5) is 35.6. The van der Waals surface area contributed by atoms with Crippen LogP contribution < -0.4 is 10.1 Å². The van der Waals surface area contributed by atoms with Crippen LogP contribution in [0.5, 0.6) is 5.75 Å². The molecular formula is C21H23NO5. The first-order valence-electron chi connectivity index (χ1n) is 8.66. The zero-order chi connectivity index (χ0) is 19.8. The van der Waals surface area contributed by atoms with E-state index in [0.717, 1.165) is 0 Å². The first kappa shape index (κ1) is 20.2. The van der Waals surface area contributed by atoms with Crippen LogP contribution in [-0.4, -0.2) is 30.9 Å². The van der Waals surface area contributed by atoms with E-state index >= 15 is 0 Å². The molecule has 0 saturated heterocycles. The number of ketones is 1. The van der Waals surface area contributed by atoms with Gasteiger partial charge in [-0.05, 0) is 49.2 Å². The van der Waals surface area contributed by atoms with Crippen molar-refractivity contribution in [2.24, 2.45) is 5.92 Å². The maximum absolute atomic E-state index is 12.1. The molecule has 1 N–H and O–H groups in total. The highest BCUT2D eigenvalue weighted by molar-refractivity contribution is 6.04. The van der Waals surface area contributed by atoms with Crippen LogP contribution in [0.15, 0.2) is 48.5 Å². The lowest BCUT2D eigenvalue weighted by Crippen LogP contribution is -2.22. The van der Waals surface area contributed by atoms with Gasteiger partial charge < -0.3 is 14.8 Å². The predicted octanol–water partition coefficient (Wildman–Crippen LogP) is 3.72. The second-order valence-corrected chi connectivity index (χ2v) is 6.46. The fourth-order valence-electron chi connectivity index (χ4n) is 2.25. The van der Waals surface area contributed by atoms with Crippen molar-refractivity contribution in [3.05, 3.63) is 59.7 Å². The van der Waals surface area contributed by atoms with Gasteiger partial charge in [0.25, 0.3) is 5.91 Å². The number of carbonyl (C=O) groups is 3. The number of ether oxygens (including phenoxy) is 2. The summed E-state index contributed by atoms with van der Waals surface area (Å²) in [6.07, 6.45) is 0. The monoisotopic (exact) mass is 369 g/mol. The third-order valence-corrected chi connectivity index (χ3v) is 3.59. The van der Waals surface area contributed by atoms with E-state index < -0.39 is 18.5 Å². The minimum absolute atomic E-state index is 0.164. The van der Waals surface area contributed by atoms with Crippen LogP contribution in [0, 0.1) is 5.92 Å². The van der Waals surface area contributed by atoms with Gasteiger partial charge in [0.2, 0.25) is 0 Å². The van der Waals surface area contributed by atoms with Crippen LogP contribution in [0.3, 0.4) is 0 Å². The lowest BCUT2D eigenvalue weighted by molar-refractivity contribution is -0.119. The average molecular weight is 369 g/mol. The SMILES string of the molecule is CC(=O)c1ccccc1NC(=O)COC(=O)c1ccc(OCC(C)C)cc1. The molecule has 0 unspecified atom stereocenters. The molecule has 1 amide bonds. The number of rotatable bonds is 8. The Hall–Kier alpha value is -3.15. The Morgan fingerprint density at radius 2 is 1.67 bits per heavy atom. The molecule has 0 aliphatic rings. The Balaban J connectivity index is 1.88. The van der Waals surface area contributed by atoms with E-state index in [9.17, 15) is 14.4 Å². The molecule has 0 fully saturated rings. The van der Waals surface area contributed by atoms with Crippen molar-refractivity contribution in [2.75, 3.05) is 18.5 Å². The fourth-order valence-corrected chi connectivity index (χ4v) is 2.25. The van der Waals surface area contributed by atoms with Gasteiger partial charge in [0.05, 0.1) is 17.9 Å². The zero-order valence-electron chi connectivity index (χ0n) is 15.7. The minimum atomic E-state index is -0.611. The van der Waals surface area contributed by atoms with Gasteiger partial charge in [0.15, 0.2) is 12.4 Å². The average Bonchev–Trinajstić information content (AvgIpc) is 2.65. The molecule has 0 saturated carbocycles. The summed E-state index contributed by atoms with van der Waals surface area (Å²) in [7, 11) is 0. The molecule has 0 heterocycles. The number of anilines is 1. The van der Waals surface area contributed by atoms with E-state index in [-0.39, 0.29) is 5.78 Å². The van der Waals surface area contributed by atoms with E-state index in [1.807, 2.05) is 13.8 Å². The van der Waals surface area contributed by atoms with Crippen molar-refractivity contribution in [2.45, 2.75) is 20.8 Å². The van der Waals surface area contributed by atoms with Gasteiger partial charge in [0.1, 0.15) is 5.75 Å². The predicted molar refractivity (Wildman–Crippen MR) is 102 cm³/mol. The van der Waals surface area contributed by atoms with Crippen molar-refractivity contribution in [1.29, 1.82) is 0 Å². The zero-order valence-corrected chi connectivity index (χ0v) is 15.7. The first-order valence-corrected chi connectivity index (χ1v) is 8.66. The van der Waals surface area contributed by atoms with Crippen LogP contribution in [0.1, 0.15) is 41.5 Å². The lowest BCUT2D eigenvalue weighted by Gasteiger charge is -2.10. The van der Waals surface area contributed by atoms with Crippen molar-refractivity contribution >= 4 is 23.3 Å². The number of amides is 1. The molecule has 2 aromatic carbocycles. The van der Waals surface area contributed by atoms with Crippen molar-refractivity contribution in [1.82, 2.24) is 0 Å². The van der Waals surface area contributed by atoms with Gasteiger partial charge in [0, 0.05) is 5.56 Å². The highest BCUT2D eigenvalue weighted by Gasteiger charge is 2.13. The van der Waals surface area contributed by atoms with Gasteiger partial charge >= 0.3 is 5.97 Å². The molecule has 6 heteroatoms. The molecular weight excluding hydrogens is 346 g/mol. The summed E-state index contributed by atoms with van der Waals surface area (Å²) >= 11 is 0. The molecule has 27 heavy (non-hydrogen) atoms. The number of Topliss-reactive ketones (excluding diaryl/α,β-unsaturated/α-hetero) is 1. The van der Waals surface area contributed by atoms with E-state index in [1.165, 1.54) is 6.92 Å². The molecule has 2 rings (SSSR count). The topological polar surface area (TPSA) is 81.7 Å². The highest BCUT2D eigenvalue weighted by Crippen LogP contribution is 2.16. The van der Waals surface area contributed by atoms with Gasteiger partial charge in [-0.15, -0.1) is 0 Å². The van der Waals surface area contributed by atoms with Crippen LogP contribution in [0.4, 0.5) is 5.69 Å². The number of para-hydroxylation sites is 1. The largest absolute Gasteiger partial charge is 0.493 e. The molecule has 2 aromatic rings. The molecule has 0 aliphatic heterocycles. The summed E-state index contributed by atoms with van der Waals surface area (Å²) in [6, 6.07) is 13.2. The fraction of sp³-hybridized carbons (Fsp3) is 0.286. The minimum Gasteiger partial charge on any atom is -0.493 e. The first-order chi connectivity index (χ1) is 12.9. The Morgan fingerprint density at radius 3 is 2.30 bits per heavy atom. The molecule has 6 nitrogen and oxygen atoms in total. The molecule has 0 radical (unpaired) electrons. The molecule has 0 aliphatic carbocycles. The second-order valence-electron chi connectivity index (χ2n) is 6.46. The Bertz CT molecular complexity index is 812. The summed E-state index contributed by atoms with van der Waals surface area (Å²) < 4.78 is 10.6. The van der Waals surface area contributed by atoms with Gasteiger partial charge in [-0.3, -0.25) is 9.59 Å². The quantitative estimate of drug-likeness (QED) is 0.566. The maximum Gasteiger partial charge on any atom is 0.338 e. The summed E-state index contributed by atoms with van der Waals surface area (Å²) in [5.41, 5.74) is 1.11. The summed E-state index contributed by atoms with van der Waals surface area (Å²) in [5, 5.41) is 2.58. The maximum atomic E-state index is 12.1. The Kier molecular flexibility index (Phi) is 7.11. The second kappa shape index (κ2) is 9.52. The van der Waals surface area contributed by atoms with Gasteiger partial charge in [-0.25, -0.2) is 4.79 Å². The molecule has 0 aromatic heterocycles. The number of nitrogens with one attached hydrogen (secondary N) is 1. The van der Waals surface area contributed by atoms with Crippen molar-refractivity contribution < 1.29 is 23.9 Å². The molecule has 0 bridgehead atoms. The standard InChI is InChI=1S/C21H23NO5/c1-14(2)12-26-17-10-8-16(9-11-17)21(25)27-13-20(24)22-19-7-5-4-6-18(19)15(3)23/h4-11,14H,12-13H2,1-3H3,(H,22,24). The van der Waals surface area contributed by atoms with E-state index in [0.29, 0.717) is 35.1 Å². The summed E-state index contributed by atoms with van der Waals surface area (Å²) in [5.74, 6) is -0.225. The number of esters is 1. The molecule has 0 spiro atoms. The smallest absolute Gasteiger partial charge is 0.338 e. The number of hydrogen-bond acceptors (Lipinski definition) is 5. The Morgan fingerprint density at radius 1 is 1.00 bits per heavy atom. The normalized spacial score (nSPS) is 10.4. The molecule has 0 atom stereocenters. The Labute approximate surface area is 158 Å². The van der Waals surface area contributed by atoms with Gasteiger partial charge in [-0.2, -0.15) is 0 Å². The van der Waals surface area contributed by atoms with Crippen LogP contribution in [-0.2, 0) is 9.53 Å². The van der Waals surface area contributed by atoms with Crippen molar-refractivity contribution in [3.63, 3.8) is 0 Å². The van der Waals surface area contributed by atoms with Crippen LogP contribution >= 0.6 is 0 Å². The molecule has 142 valence electrons.